The number of hydrogen-bond acceptors (Lipinski definition) is 2. The SMILES string of the molecule is CC/C(C=O)=C/C(C)=O. The van der Waals surface area contributed by atoms with Crippen LogP contribution in [0.2, 0.25) is 0 Å². The monoisotopic (exact) mass is 126 g/mol. The normalized spacial score (nSPS) is 11.1. The van der Waals surface area contributed by atoms with Crippen molar-refractivity contribution in [3.8, 4) is 0 Å². The van der Waals surface area contributed by atoms with Crippen LogP contribution in [0.25, 0.3) is 0 Å². The number of rotatable bonds is 3. The first-order chi connectivity index (χ1) is 4.20. The molecule has 0 unspecified atom stereocenters. The first-order valence-electron chi connectivity index (χ1n) is 2.87. The molecule has 0 aliphatic heterocycles. The van der Waals surface area contributed by atoms with E-state index >= 15 is 0 Å². The second-order valence-corrected chi connectivity index (χ2v) is 1.80. The smallest absolute Gasteiger partial charge is 0.153 e. The molecule has 9 heavy (non-hydrogen) atoms. The Morgan fingerprint density at radius 2 is 2.11 bits per heavy atom. The van der Waals surface area contributed by atoms with E-state index in [1.807, 2.05) is 6.92 Å². The Morgan fingerprint density at radius 1 is 1.56 bits per heavy atom. The molecule has 0 saturated heterocycles. The summed E-state index contributed by atoms with van der Waals surface area (Å²) in [5.41, 5.74) is 0.558. The van der Waals surface area contributed by atoms with Crippen molar-refractivity contribution >= 4 is 12.1 Å². The zero-order valence-corrected chi connectivity index (χ0v) is 5.68. The van der Waals surface area contributed by atoms with Crippen molar-refractivity contribution in [2.24, 2.45) is 0 Å². The minimum atomic E-state index is -0.0704. The molecule has 50 valence electrons. The second-order valence-electron chi connectivity index (χ2n) is 1.80. The van der Waals surface area contributed by atoms with Crippen molar-refractivity contribution in [3.05, 3.63) is 11.6 Å². The van der Waals surface area contributed by atoms with Crippen LogP contribution in [0.5, 0.6) is 0 Å². The quantitative estimate of drug-likeness (QED) is 0.419. The zero-order chi connectivity index (χ0) is 7.28. The van der Waals surface area contributed by atoms with Gasteiger partial charge in [0, 0.05) is 0 Å². The molecule has 0 bridgehead atoms. The van der Waals surface area contributed by atoms with Gasteiger partial charge in [0.2, 0.25) is 0 Å². The van der Waals surface area contributed by atoms with Gasteiger partial charge in [-0.2, -0.15) is 0 Å². The molecule has 0 N–H and O–H groups in total. The third-order valence-electron chi connectivity index (χ3n) is 0.948. The maximum atomic E-state index is 10.3. The minimum Gasteiger partial charge on any atom is -0.298 e. The lowest BCUT2D eigenvalue weighted by molar-refractivity contribution is -0.113. The summed E-state index contributed by atoms with van der Waals surface area (Å²) in [6.07, 6.45) is 2.69. The summed E-state index contributed by atoms with van der Waals surface area (Å²) >= 11 is 0. The van der Waals surface area contributed by atoms with Crippen LogP contribution in [0.3, 0.4) is 0 Å². The summed E-state index contributed by atoms with van der Waals surface area (Å²) < 4.78 is 0. The van der Waals surface area contributed by atoms with Crippen LogP contribution >= 0.6 is 0 Å². The highest BCUT2D eigenvalue weighted by molar-refractivity contribution is 5.93. The Hall–Kier alpha value is -0.920. The molecule has 0 rings (SSSR count). The topological polar surface area (TPSA) is 34.1 Å². The number of carbonyl (C=O) groups is 2. The van der Waals surface area contributed by atoms with Crippen molar-refractivity contribution in [3.63, 3.8) is 0 Å². The van der Waals surface area contributed by atoms with E-state index < -0.39 is 0 Å². The Balaban J connectivity index is 4.07. The Kier molecular flexibility index (Phi) is 3.60. The Labute approximate surface area is 54.6 Å². The van der Waals surface area contributed by atoms with Crippen molar-refractivity contribution < 1.29 is 9.59 Å². The van der Waals surface area contributed by atoms with Crippen LogP contribution in [0.1, 0.15) is 20.3 Å². The molecule has 2 nitrogen and oxygen atoms in total. The van der Waals surface area contributed by atoms with Gasteiger partial charge in [-0.05, 0) is 25.0 Å². The zero-order valence-electron chi connectivity index (χ0n) is 5.68. The van der Waals surface area contributed by atoms with Gasteiger partial charge in [0.15, 0.2) is 5.78 Å². The fraction of sp³-hybridized carbons (Fsp3) is 0.429. The molecule has 0 heterocycles. The largest absolute Gasteiger partial charge is 0.298 e. The Morgan fingerprint density at radius 3 is 2.22 bits per heavy atom. The molecule has 2 heteroatoms. The van der Waals surface area contributed by atoms with Crippen molar-refractivity contribution in [2.45, 2.75) is 20.3 Å². The maximum absolute atomic E-state index is 10.3. The number of aldehydes is 1. The van der Waals surface area contributed by atoms with E-state index in [0.717, 1.165) is 0 Å². The molecule has 0 fully saturated rings. The van der Waals surface area contributed by atoms with E-state index in [2.05, 4.69) is 0 Å². The fourth-order valence-corrected chi connectivity index (χ4v) is 0.480. The van der Waals surface area contributed by atoms with E-state index in [-0.39, 0.29) is 5.78 Å². The third kappa shape index (κ3) is 3.64. The average molecular weight is 126 g/mol. The van der Waals surface area contributed by atoms with E-state index in [0.29, 0.717) is 18.3 Å². The van der Waals surface area contributed by atoms with Crippen LogP contribution in [0.15, 0.2) is 11.6 Å². The summed E-state index contributed by atoms with van der Waals surface area (Å²) in [5.74, 6) is -0.0704. The Bertz CT molecular complexity index is 145. The average Bonchev–Trinajstić information content (AvgIpc) is 1.82. The van der Waals surface area contributed by atoms with Gasteiger partial charge in [0.1, 0.15) is 6.29 Å². The van der Waals surface area contributed by atoms with Gasteiger partial charge in [-0.3, -0.25) is 9.59 Å². The third-order valence-corrected chi connectivity index (χ3v) is 0.948. The molecule has 0 radical (unpaired) electrons. The summed E-state index contributed by atoms with van der Waals surface area (Å²) in [7, 11) is 0. The predicted octanol–water partition coefficient (Wildman–Crippen LogP) is 1.11. The van der Waals surface area contributed by atoms with E-state index in [1.165, 1.54) is 13.0 Å². The molecular weight excluding hydrogens is 116 g/mol. The number of carbonyl (C=O) groups excluding carboxylic acids is 2. The van der Waals surface area contributed by atoms with Gasteiger partial charge < -0.3 is 0 Å². The van der Waals surface area contributed by atoms with Crippen molar-refractivity contribution in [2.75, 3.05) is 0 Å². The summed E-state index contributed by atoms with van der Waals surface area (Å²) in [6, 6.07) is 0. The van der Waals surface area contributed by atoms with Crippen molar-refractivity contribution in [1.82, 2.24) is 0 Å². The first-order valence-corrected chi connectivity index (χ1v) is 2.87. The molecule has 0 atom stereocenters. The first kappa shape index (κ1) is 8.08. The number of allylic oxidation sites excluding steroid dienone is 2. The fourth-order valence-electron chi connectivity index (χ4n) is 0.480. The van der Waals surface area contributed by atoms with E-state index in [1.54, 1.807) is 0 Å². The van der Waals surface area contributed by atoms with Crippen LogP contribution in [0, 0.1) is 0 Å². The molecular formula is C7H10O2. The summed E-state index contributed by atoms with van der Waals surface area (Å²) in [6.45, 7) is 3.27. The van der Waals surface area contributed by atoms with Crippen molar-refractivity contribution in [1.29, 1.82) is 0 Å². The highest BCUT2D eigenvalue weighted by Gasteiger charge is 1.91. The second kappa shape index (κ2) is 4.01. The highest BCUT2D eigenvalue weighted by atomic mass is 16.1. The molecule has 0 saturated carbocycles. The van der Waals surface area contributed by atoms with Crippen LogP contribution < -0.4 is 0 Å². The lowest BCUT2D eigenvalue weighted by atomic mass is 10.2. The van der Waals surface area contributed by atoms with Crippen LogP contribution in [0.4, 0.5) is 0 Å². The highest BCUT2D eigenvalue weighted by Crippen LogP contribution is 1.94. The molecule has 0 aromatic carbocycles. The summed E-state index contributed by atoms with van der Waals surface area (Å²) in [5, 5.41) is 0. The van der Waals surface area contributed by atoms with Gasteiger partial charge >= 0.3 is 0 Å². The molecule has 0 aliphatic rings. The number of ketones is 1. The molecule has 0 aliphatic carbocycles. The summed E-state index contributed by atoms with van der Waals surface area (Å²) in [4.78, 5) is 20.4. The standard InChI is InChI=1S/C7H10O2/c1-3-7(5-8)4-6(2)9/h4-5H,3H2,1-2H3/b7-4-. The number of hydrogen-bond donors (Lipinski definition) is 0. The maximum Gasteiger partial charge on any atom is 0.153 e. The van der Waals surface area contributed by atoms with Gasteiger partial charge in [-0.25, -0.2) is 0 Å². The minimum absolute atomic E-state index is 0.0704. The van der Waals surface area contributed by atoms with Crippen LogP contribution in [-0.2, 0) is 9.59 Å². The van der Waals surface area contributed by atoms with E-state index in [4.69, 9.17) is 0 Å². The van der Waals surface area contributed by atoms with Gasteiger partial charge in [0.25, 0.3) is 0 Å². The van der Waals surface area contributed by atoms with E-state index in [9.17, 15) is 9.59 Å². The lowest BCUT2D eigenvalue weighted by Crippen LogP contribution is -1.88. The van der Waals surface area contributed by atoms with Gasteiger partial charge in [-0.15, -0.1) is 0 Å². The molecule has 0 aromatic heterocycles. The van der Waals surface area contributed by atoms with Gasteiger partial charge in [0.05, 0.1) is 0 Å². The van der Waals surface area contributed by atoms with Crippen LogP contribution in [-0.4, -0.2) is 12.1 Å². The lowest BCUT2D eigenvalue weighted by Gasteiger charge is -1.87. The molecule has 0 spiro atoms. The molecule has 0 aromatic rings. The van der Waals surface area contributed by atoms with Gasteiger partial charge in [-0.1, -0.05) is 6.92 Å². The molecule has 0 amide bonds. The predicted molar refractivity (Wildman–Crippen MR) is 35.1 cm³/mol.